The van der Waals surface area contributed by atoms with Gasteiger partial charge >= 0.3 is 0 Å². The van der Waals surface area contributed by atoms with E-state index in [9.17, 15) is 0 Å². The van der Waals surface area contributed by atoms with Gasteiger partial charge in [-0.2, -0.15) is 4.98 Å². The van der Waals surface area contributed by atoms with Crippen LogP contribution in [0, 0.1) is 0 Å². The summed E-state index contributed by atoms with van der Waals surface area (Å²) in [5.41, 5.74) is 6.33. The lowest BCUT2D eigenvalue weighted by molar-refractivity contribution is 0.415. The standard InChI is InChI=1S/C11H11ClN4O/c1-17-9-6-7(2-3-8(9)12)15-11-14-5-4-10(13)16-11/h2-6H,1H3,(H3,13,14,15,16). The third-order valence-corrected chi connectivity index (χ3v) is 2.40. The fourth-order valence-electron chi connectivity index (χ4n) is 1.30. The van der Waals surface area contributed by atoms with E-state index < -0.39 is 0 Å². The Morgan fingerprint density at radius 2 is 2.18 bits per heavy atom. The third-order valence-electron chi connectivity index (χ3n) is 2.08. The monoisotopic (exact) mass is 250 g/mol. The van der Waals surface area contributed by atoms with E-state index in [4.69, 9.17) is 22.1 Å². The zero-order chi connectivity index (χ0) is 12.3. The lowest BCUT2D eigenvalue weighted by atomic mass is 10.3. The zero-order valence-electron chi connectivity index (χ0n) is 9.14. The van der Waals surface area contributed by atoms with Crippen LogP contribution in [0.15, 0.2) is 30.5 Å². The maximum absolute atomic E-state index is 5.92. The fraction of sp³-hybridized carbons (Fsp3) is 0.0909. The number of methoxy groups -OCH3 is 1. The van der Waals surface area contributed by atoms with Crippen molar-refractivity contribution in [2.75, 3.05) is 18.2 Å². The molecule has 2 rings (SSSR count). The van der Waals surface area contributed by atoms with Crippen molar-refractivity contribution in [1.29, 1.82) is 0 Å². The van der Waals surface area contributed by atoms with Gasteiger partial charge in [0.1, 0.15) is 11.6 Å². The minimum absolute atomic E-state index is 0.406. The molecule has 0 aliphatic rings. The van der Waals surface area contributed by atoms with Crippen LogP contribution in [0.5, 0.6) is 5.75 Å². The molecule has 0 aliphatic carbocycles. The molecule has 6 heteroatoms. The Morgan fingerprint density at radius 3 is 2.88 bits per heavy atom. The molecule has 3 N–H and O–H groups in total. The molecular weight excluding hydrogens is 240 g/mol. The van der Waals surface area contributed by atoms with Crippen molar-refractivity contribution in [1.82, 2.24) is 9.97 Å². The van der Waals surface area contributed by atoms with Crippen molar-refractivity contribution >= 4 is 29.1 Å². The number of nitrogen functional groups attached to an aromatic ring is 1. The van der Waals surface area contributed by atoms with Crippen molar-refractivity contribution < 1.29 is 4.74 Å². The first kappa shape index (κ1) is 11.5. The molecule has 0 saturated heterocycles. The van der Waals surface area contributed by atoms with Crippen LogP contribution in [-0.4, -0.2) is 17.1 Å². The lowest BCUT2D eigenvalue weighted by Crippen LogP contribution is -1.99. The predicted octanol–water partition coefficient (Wildman–Crippen LogP) is 2.46. The third kappa shape index (κ3) is 2.76. The molecule has 1 aromatic carbocycles. The van der Waals surface area contributed by atoms with Crippen molar-refractivity contribution in [2.45, 2.75) is 0 Å². The molecule has 0 spiro atoms. The first-order chi connectivity index (χ1) is 8.19. The highest BCUT2D eigenvalue weighted by Crippen LogP contribution is 2.28. The van der Waals surface area contributed by atoms with Crippen LogP contribution in [0.2, 0.25) is 5.02 Å². The van der Waals surface area contributed by atoms with Gasteiger partial charge in [0.15, 0.2) is 0 Å². The zero-order valence-corrected chi connectivity index (χ0v) is 9.90. The van der Waals surface area contributed by atoms with Gasteiger partial charge in [-0.3, -0.25) is 0 Å². The number of halogens is 1. The molecule has 5 nitrogen and oxygen atoms in total. The van der Waals surface area contributed by atoms with Gasteiger partial charge in [-0.25, -0.2) is 4.98 Å². The Balaban J connectivity index is 2.24. The molecule has 2 aromatic rings. The second-order valence-corrected chi connectivity index (χ2v) is 3.69. The van der Waals surface area contributed by atoms with Gasteiger partial charge in [0, 0.05) is 18.0 Å². The second kappa shape index (κ2) is 4.88. The lowest BCUT2D eigenvalue weighted by Gasteiger charge is -2.08. The van der Waals surface area contributed by atoms with E-state index in [1.54, 1.807) is 37.6 Å². The van der Waals surface area contributed by atoms with Crippen LogP contribution in [0.4, 0.5) is 17.5 Å². The van der Waals surface area contributed by atoms with Crippen LogP contribution < -0.4 is 15.8 Å². The van der Waals surface area contributed by atoms with Gasteiger partial charge in [0.05, 0.1) is 12.1 Å². The molecule has 0 unspecified atom stereocenters. The van der Waals surface area contributed by atoms with Crippen LogP contribution in [0.1, 0.15) is 0 Å². The number of hydrogen-bond acceptors (Lipinski definition) is 5. The number of rotatable bonds is 3. The van der Waals surface area contributed by atoms with E-state index >= 15 is 0 Å². The molecular formula is C11H11ClN4O. The van der Waals surface area contributed by atoms with Gasteiger partial charge in [-0.1, -0.05) is 11.6 Å². The van der Waals surface area contributed by atoms with Crippen molar-refractivity contribution in [3.63, 3.8) is 0 Å². The maximum Gasteiger partial charge on any atom is 0.229 e. The summed E-state index contributed by atoms with van der Waals surface area (Å²) in [6.07, 6.45) is 1.58. The van der Waals surface area contributed by atoms with Gasteiger partial charge in [-0.15, -0.1) is 0 Å². The van der Waals surface area contributed by atoms with Crippen LogP contribution in [0.3, 0.4) is 0 Å². The van der Waals surface area contributed by atoms with Gasteiger partial charge in [0.2, 0.25) is 5.95 Å². The summed E-state index contributed by atoms with van der Waals surface area (Å²) in [7, 11) is 1.56. The summed E-state index contributed by atoms with van der Waals surface area (Å²) in [6, 6.07) is 6.91. The SMILES string of the molecule is COc1cc(Nc2nccc(N)n2)ccc1Cl. The van der Waals surface area contributed by atoms with E-state index in [1.165, 1.54) is 0 Å². The maximum atomic E-state index is 5.92. The fourth-order valence-corrected chi connectivity index (χ4v) is 1.49. The van der Waals surface area contributed by atoms with Crippen molar-refractivity contribution in [3.8, 4) is 5.75 Å². The minimum Gasteiger partial charge on any atom is -0.495 e. The summed E-state index contributed by atoms with van der Waals surface area (Å²) in [6.45, 7) is 0. The Morgan fingerprint density at radius 1 is 1.35 bits per heavy atom. The summed E-state index contributed by atoms with van der Waals surface area (Å²) in [4.78, 5) is 8.06. The average molecular weight is 251 g/mol. The van der Waals surface area contributed by atoms with Gasteiger partial charge in [0.25, 0.3) is 0 Å². The Labute approximate surface area is 104 Å². The molecule has 1 aromatic heterocycles. The number of nitrogens with one attached hydrogen (secondary N) is 1. The molecule has 0 bridgehead atoms. The molecule has 1 heterocycles. The van der Waals surface area contributed by atoms with Crippen LogP contribution in [0.25, 0.3) is 0 Å². The highest BCUT2D eigenvalue weighted by atomic mass is 35.5. The molecule has 0 amide bonds. The van der Waals surface area contributed by atoms with E-state index in [1.807, 2.05) is 0 Å². The van der Waals surface area contributed by atoms with Gasteiger partial charge < -0.3 is 15.8 Å². The number of benzene rings is 1. The molecule has 0 aliphatic heterocycles. The number of nitrogens with two attached hydrogens (primary N) is 1. The van der Waals surface area contributed by atoms with E-state index in [-0.39, 0.29) is 0 Å². The van der Waals surface area contributed by atoms with Crippen LogP contribution in [-0.2, 0) is 0 Å². The normalized spacial score (nSPS) is 10.0. The topological polar surface area (TPSA) is 73.1 Å². The predicted molar refractivity (Wildman–Crippen MR) is 67.7 cm³/mol. The first-order valence-electron chi connectivity index (χ1n) is 4.88. The molecule has 0 atom stereocenters. The van der Waals surface area contributed by atoms with Crippen LogP contribution >= 0.6 is 11.6 Å². The molecule has 0 fully saturated rings. The summed E-state index contributed by atoms with van der Waals surface area (Å²) < 4.78 is 5.11. The summed E-state index contributed by atoms with van der Waals surface area (Å²) >= 11 is 5.92. The number of nitrogens with zero attached hydrogens (tertiary/aromatic N) is 2. The minimum atomic E-state index is 0.406. The van der Waals surface area contributed by atoms with Crippen molar-refractivity contribution in [3.05, 3.63) is 35.5 Å². The molecule has 17 heavy (non-hydrogen) atoms. The Hall–Kier alpha value is -2.01. The molecule has 88 valence electrons. The number of ether oxygens (including phenoxy) is 1. The molecule has 0 saturated carbocycles. The second-order valence-electron chi connectivity index (χ2n) is 3.28. The highest BCUT2D eigenvalue weighted by molar-refractivity contribution is 6.32. The number of anilines is 3. The van der Waals surface area contributed by atoms with E-state index in [0.717, 1.165) is 5.69 Å². The quantitative estimate of drug-likeness (QED) is 0.875. The summed E-state index contributed by atoms with van der Waals surface area (Å²) in [5.74, 6) is 1.42. The van der Waals surface area contributed by atoms with E-state index in [0.29, 0.717) is 22.5 Å². The first-order valence-corrected chi connectivity index (χ1v) is 5.26. The van der Waals surface area contributed by atoms with Gasteiger partial charge in [-0.05, 0) is 18.2 Å². The molecule has 0 radical (unpaired) electrons. The number of hydrogen-bond donors (Lipinski definition) is 2. The van der Waals surface area contributed by atoms with E-state index in [2.05, 4.69) is 15.3 Å². The average Bonchev–Trinajstić information content (AvgIpc) is 2.32. The smallest absolute Gasteiger partial charge is 0.229 e. The highest BCUT2D eigenvalue weighted by Gasteiger charge is 2.03. The Bertz CT molecular complexity index is 533. The Kier molecular flexibility index (Phi) is 3.30. The van der Waals surface area contributed by atoms with Crippen molar-refractivity contribution in [2.24, 2.45) is 0 Å². The largest absolute Gasteiger partial charge is 0.495 e. The summed E-state index contributed by atoms with van der Waals surface area (Å²) in [5, 5.41) is 3.55. The number of aromatic nitrogens is 2.